The van der Waals surface area contributed by atoms with E-state index in [2.05, 4.69) is 24.1 Å². The van der Waals surface area contributed by atoms with Gasteiger partial charge in [-0.1, -0.05) is 26.0 Å². The van der Waals surface area contributed by atoms with Gasteiger partial charge in [0.25, 0.3) is 5.91 Å². The number of nitrogens with zero attached hydrogens (tertiary/aromatic N) is 2. The number of aliphatic hydroxyl groups excluding tert-OH is 1. The molecule has 1 heterocycles. The first-order valence-corrected chi connectivity index (χ1v) is 7.61. The summed E-state index contributed by atoms with van der Waals surface area (Å²) in [7, 11) is 1.54. The van der Waals surface area contributed by atoms with Crippen molar-refractivity contribution >= 4 is 5.91 Å². The van der Waals surface area contributed by atoms with Crippen LogP contribution >= 0.6 is 0 Å². The van der Waals surface area contributed by atoms with E-state index in [1.54, 1.807) is 37.6 Å². The molecule has 6 heteroatoms. The summed E-state index contributed by atoms with van der Waals surface area (Å²) >= 11 is 0. The molecule has 0 aliphatic heterocycles. The molecule has 1 unspecified atom stereocenters. The van der Waals surface area contributed by atoms with Crippen LogP contribution in [0.3, 0.4) is 0 Å². The fraction of sp³-hybridized carbons (Fsp3) is 0.412. The highest BCUT2D eigenvalue weighted by Gasteiger charge is 2.18. The van der Waals surface area contributed by atoms with Gasteiger partial charge in [-0.25, -0.2) is 4.98 Å². The Morgan fingerprint density at radius 1 is 1.43 bits per heavy atom. The maximum absolute atomic E-state index is 12.1. The van der Waals surface area contributed by atoms with Crippen LogP contribution in [0.5, 0.6) is 5.75 Å². The molecular formula is C17H23N3O3. The zero-order valence-corrected chi connectivity index (χ0v) is 13.7. The van der Waals surface area contributed by atoms with Crippen molar-refractivity contribution in [2.75, 3.05) is 7.11 Å². The lowest BCUT2D eigenvalue weighted by molar-refractivity contribution is -0.129. The van der Waals surface area contributed by atoms with Crippen LogP contribution in [-0.4, -0.2) is 27.7 Å². The van der Waals surface area contributed by atoms with Crippen molar-refractivity contribution in [3.05, 3.63) is 48.0 Å². The van der Waals surface area contributed by atoms with Crippen molar-refractivity contribution < 1.29 is 14.6 Å². The molecule has 23 heavy (non-hydrogen) atoms. The highest BCUT2D eigenvalue weighted by molar-refractivity contribution is 5.81. The van der Waals surface area contributed by atoms with E-state index in [-0.39, 0.29) is 6.54 Å². The number of benzene rings is 1. The first-order valence-electron chi connectivity index (χ1n) is 7.61. The van der Waals surface area contributed by atoms with Gasteiger partial charge in [0.15, 0.2) is 6.10 Å². The molecule has 0 radical (unpaired) electrons. The molecule has 1 aromatic carbocycles. The smallest absolute Gasteiger partial charge is 0.253 e. The highest BCUT2D eigenvalue weighted by Crippen LogP contribution is 2.19. The van der Waals surface area contributed by atoms with Gasteiger partial charge in [0.1, 0.15) is 11.6 Å². The van der Waals surface area contributed by atoms with E-state index in [4.69, 9.17) is 4.74 Å². The van der Waals surface area contributed by atoms with Gasteiger partial charge in [0.05, 0.1) is 13.7 Å². The minimum absolute atomic E-state index is 0.277. The molecular weight excluding hydrogens is 294 g/mol. The first kappa shape index (κ1) is 17.0. The number of ether oxygens (including phenoxy) is 1. The van der Waals surface area contributed by atoms with E-state index in [0.29, 0.717) is 17.2 Å². The third-order valence-electron chi connectivity index (χ3n) is 3.44. The second-order valence-electron chi connectivity index (χ2n) is 5.79. The number of hydrogen-bond donors (Lipinski definition) is 2. The van der Waals surface area contributed by atoms with E-state index < -0.39 is 12.0 Å². The van der Waals surface area contributed by atoms with Gasteiger partial charge in [-0.05, 0) is 23.6 Å². The van der Waals surface area contributed by atoms with Crippen LogP contribution in [0, 0.1) is 5.92 Å². The van der Waals surface area contributed by atoms with Crippen molar-refractivity contribution in [2.24, 2.45) is 5.92 Å². The molecule has 2 rings (SSSR count). The number of nitrogens with one attached hydrogen (secondary N) is 1. The van der Waals surface area contributed by atoms with E-state index in [9.17, 15) is 9.90 Å². The molecule has 1 atom stereocenters. The average molecular weight is 317 g/mol. The van der Waals surface area contributed by atoms with Crippen LogP contribution < -0.4 is 10.1 Å². The van der Waals surface area contributed by atoms with Crippen LogP contribution in [0.1, 0.15) is 31.3 Å². The first-order chi connectivity index (χ1) is 11.0. The maximum atomic E-state index is 12.1. The molecule has 0 spiro atoms. The zero-order chi connectivity index (χ0) is 16.8. The summed E-state index contributed by atoms with van der Waals surface area (Å²) in [4.78, 5) is 16.4. The molecule has 0 saturated carbocycles. The Hall–Kier alpha value is -2.34. The monoisotopic (exact) mass is 317 g/mol. The fourth-order valence-corrected chi connectivity index (χ4v) is 2.29. The lowest BCUT2D eigenvalue weighted by Crippen LogP contribution is -2.30. The molecule has 124 valence electrons. The van der Waals surface area contributed by atoms with Gasteiger partial charge in [-0.15, -0.1) is 0 Å². The van der Waals surface area contributed by atoms with Crippen LogP contribution in [0.25, 0.3) is 0 Å². The Morgan fingerprint density at radius 2 is 2.22 bits per heavy atom. The Balaban J connectivity index is 1.97. The number of amides is 1. The Kier molecular flexibility index (Phi) is 5.76. The van der Waals surface area contributed by atoms with Crippen LogP contribution in [0.4, 0.5) is 0 Å². The van der Waals surface area contributed by atoms with Crippen LogP contribution in [-0.2, 0) is 17.9 Å². The molecule has 1 aromatic heterocycles. The molecule has 1 amide bonds. The molecule has 0 fully saturated rings. The molecule has 0 bridgehead atoms. The number of imidazole rings is 1. The quantitative estimate of drug-likeness (QED) is 0.818. The number of aliphatic hydroxyl groups is 1. The lowest BCUT2D eigenvalue weighted by atomic mass is 10.1. The summed E-state index contributed by atoms with van der Waals surface area (Å²) in [6.07, 6.45) is 2.36. The molecule has 2 N–H and O–H groups in total. The predicted molar refractivity (Wildman–Crippen MR) is 86.9 cm³/mol. The van der Waals surface area contributed by atoms with Gasteiger partial charge in [-0.3, -0.25) is 4.79 Å². The number of carbonyl (C=O) groups is 1. The maximum Gasteiger partial charge on any atom is 0.253 e. The lowest BCUT2D eigenvalue weighted by Gasteiger charge is -2.14. The summed E-state index contributed by atoms with van der Waals surface area (Å²) < 4.78 is 7.10. The molecule has 6 nitrogen and oxygen atoms in total. The zero-order valence-electron chi connectivity index (χ0n) is 13.7. The number of methoxy groups -OCH3 is 1. The van der Waals surface area contributed by atoms with Crippen molar-refractivity contribution in [1.82, 2.24) is 14.9 Å². The molecule has 0 aliphatic rings. The van der Waals surface area contributed by atoms with Gasteiger partial charge in [0, 0.05) is 18.9 Å². The van der Waals surface area contributed by atoms with E-state index in [1.165, 1.54) is 0 Å². The minimum Gasteiger partial charge on any atom is -0.497 e. The Bertz CT molecular complexity index is 652. The number of rotatable bonds is 7. The van der Waals surface area contributed by atoms with E-state index >= 15 is 0 Å². The largest absolute Gasteiger partial charge is 0.497 e. The number of carbonyl (C=O) groups excluding carboxylic acids is 1. The summed E-state index contributed by atoms with van der Waals surface area (Å²) in [6.45, 7) is 5.35. The highest BCUT2D eigenvalue weighted by atomic mass is 16.5. The van der Waals surface area contributed by atoms with Gasteiger partial charge < -0.3 is 19.7 Å². The van der Waals surface area contributed by atoms with Crippen LogP contribution in [0.15, 0.2) is 36.7 Å². The minimum atomic E-state index is -1.24. The second-order valence-corrected chi connectivity index (χ2v) is 5.79. The van der Waals surface area contributed by atoms with E-state index in [1.807, 2.05) is 10.8 Å². The molecule has 0 saturated heterocycles. The van der Waals surface area contributed by atoms with Gasteiger partial charge >= 0.3 is 0 Å². The van der Waals surface area contributed by atoms with Crippen molar-refractivity contribution in [2.45, 2.75) is 33.0 Å². The summed E-state index contributed by atoms with van der Waals surface area (Å²) in [6, 6.07) is 6.83. The number of hydrogen-bond acceptors (Lipinski definition) is 4. The predicted octanol–water partition coefficient (Wildman–Crippen LogP) is 1.90. The van der Waals surface area contributed by atoms with E-state index in [0.717, 1.165) is 12.4 Å². The summed E-state index contributed by atoms with van der Waals surface area (Å²) in [5.41, 5.74) is 0.493. The number of aromatic nitrogens is 2. The topological polar surface area (TPSA) is 76.4 Å². The third kappa shape index (κ3) is 4.56. The normalized spacial score (nSPS) is 12.2. The molecule has 0 aliphatic carbocycles. The molecule has 2 aromatic rings. The fourth-order valence-electron chi connectivity index (χ4n) is 2.29. The standard InChI is InChI=1S/C17H23N3O3/c1-12(2)11-20-8-7-18-15(20)10-19-17(22)16(21)13-5-4-6-14(9-13)23-3/h4-9,12,16,21H,10-11H2,1-3H3,(H,19,22). The van der Waals surface area contributed by atoms with Gasteiger partial charge in [0.2, 0.25) is 0 Å². The summed E-state index contributed by atoms with van der Waals surface area (Å²) in [5, 5.41) is 12.9. The van der Waals surface area contributed by atoms with Crippen LogP contribution in [0.2, 0.25) is 0 Å². The van der Waals surface area contributed by atoms with Crippen molar-refractivity contribution in [3.8, 4) is 5.75 Å². The SMILES string of the molecule is COc1cccc(C(O)C(=O)NCc2nccn2CC(C)C)c1. The average Bonchev–Trinajstić information content (AvgIpc) is 2.98. The summed E-state index contributed by atoms with van der Waals surface area (Å²) in [5.74, 6) is 1.39. The van der Waals surface area contributed by atoms with Gasteiger partial charge in [-0.2, -0.15) is 0 Å². The second kappa shape index (κ2) is 7.78. The van der Waals surface area contributed by atoms with Crippen molar-refractivity contribution in [3.63, 3.8) is 0 Å². The Labute approximate surface area is 136 Å². The van der Waals surface area contributed by atoms with Crippen molar-refractivity contribution in [1.29, 1.82) is 0 Å². The third-order valence-corrected chi connectivity index (χ3v) is 3.44. The Morgan fingerprint density at radius 3 is 2.91 bits per heavy atom.